The molecule has 0 saturated heterocycles. The molecule has 0 aliphatic rings. The number of carbonyl (C=O) groups excluding carboxylic acids is 3. The van der Waals surface area contributed by atoms with E-state index in [0.29, 0.717) is 0 Å². The van der Waals surface area contributed by atoms with Crippen LogP contribution in [0, 0.1) is 0 Å². The summed E-state index contributed by atoms with van der Waals surface area (Å²) in [5, 5.41) is 0. The minimum Gasteiger partial charge on any atom is -0.300 e. The minimum absolute atomic E-state index is 0. The second-order valence-corrected chi connectivity index (χ2v) is 2.30. The Morgan fingerprint density at radius 2 is 1.18 bits per heavy atom. The molecule has 0 N–H and O–H groups in total. The molecule has 0 aromatic heterocycles. The molecule has 0 heterocycles. The van der Waals surface area contributed by atoms with Crippen molar-refractivity contribution in [3.63, 3.8) is 0 Å². The van der Waals surface area contributed by atoms with E-state index < -0.39 is 0 Å². The number of hydrogen-bond donors (Lipinski definition) is 0. The monoisotopic (exact) mass is 190 g/mol. The zero-order valence-corrected chi connectivity index (χ0v) is 8.20. The van der Waals surface area contributed by atoms with Gasteiger partial charge in [-0.3, -0.25) is 14.4 Å². The number of ketones is 3. The Balaban J connectivity index is 0. The summed E-state index contributed by atoms with van der Waals surface area (Å²) < 4.78 is 0. The van der Waals surface area contributed by atoms with Gasteiger partial charge in [0.15, 0.2) is 0 Å². The van der Waals surface area contributed by atoms with Crippen LogP contribution in [0.5, 0.6) is 0 Å². The van der Waals surface area contributed by atoms with E-state index in [9.17, 15) is 14.4 Å². The van der Waals surface area contributed by atoms with Gasteiger partial charge in [0.1, 0.15) is 17.3 Å². The average Bonchev–Trinajstić information content (AvgIpc) is 1.58. The van der Waals surface area contributed by atoms with Gasteiger partial charge in [0.05, 0.1) is 12.8 Å². The third kappa shape index (κ3) is 9.72. The smallest absolute Gasteiger partial charge is 0.147 e. The van der Waals surface area contributed by atoms with Gasteiger partial charge in [0, 0.05) is 21.7 Å². The molecule has 0 bridgehead atoms. The van der Waals surface area contributed by atoms with Gasteiger partial charge >= 0.3 is 0 Å². The maximum Gasteiger partial charge on any atom is 0.147 e. The summed E-state index contributed by atoms with van der Waals surface area (Å²) in [7, 11) is 0. The maximum atomic E-state index is 10.6. The van der Waals surface area contributed by atoms with Crippen molar-refractivity contribution in [1.29, 1.82) is 0 Å². The number of Topliss-reactive ketones (excluding diaryl/α,β-unsaturated/α-hetero) is 3. The number of rotatable bonds is 4. The zero-order valence-electron chi connectivity index (χ0n) is 6.64. The van der Waals surface area contributed by atoms with Crippen LogP contribution in [0.25, 0.3) is 0 Å². The van der Waals surface area contributed by atoms with Crippen LogP contribution >= 0.6 is 0 Å². The molecule has 0 aliphatic carbocycles. The van der Waals surface area contributed by atoms with Crippen LogP contribution in [0.2, 0.25) is 0 Å². The molecule has 0 amide bonds. The van der Waals surface area contributed by atoms with Gasteiger partial charge in [0.25, 0.3) is 0 Å². The fourth-order valence-corrected chi connectivity index (χ4v) is 0.618. The Kier molecular flexibility index (Phi) is 7.79. The van der Waals surface area contributed by atoms with Crippen molar-refractivity contribution >= 4 is 17.3 Å². The molecular weight excluding hydrogens is 180 g/mol. The Morgan fingerprint density at radius 1 is 0.909 bits per heavy atom. The van der Waals surface area contributed by atoms with Crippen LogP contribution < -0.4 is 0 Å². The quantitative estimate of drug-likeness (QED) is 0.479. The summed E-state index contributed by atoms with van der Waals surface area (Å²) in [6.45, 7) is 2.66. The SMILES string of the molecule is CC(=O)CC(=O)CC(C)=O.[Ti]. The molecule has 0 unspecified atom stereocenters. The Labute approximate surface area is 80.4 Å². The Bertz CT molecular complexity index is 157. The second-order valence-electron chi connectivity index (χ2n) is 2.30. The predicted octanol–water partition coefficient (Wildman–Crippen LogP) is 0.511. The van der Waals surface area contributed by atoms with Gasteiger partial charge in [-0.25, -0.2) is 0 Å². The van der Waals surface area contributed by atoms with Crippen LogP contribution in [0.15, 0.2) is 0 Å². The zero-order chi connectivity index (χ0) is 8.15. The Hall–Kier alpha value is -0.276. The van der Waals surface area contributed by atoms with Crippen LogP contribution in [0.3, 0.4) is 0 Å². The van der Waals surface area contributed by atoms with Crippen molar-refractivity contribution in [1.82, 2.24) is 0 Å². The van der Waals surface area contributed by atoms with Crippen LogP contribution in [0.4, 0.5) is 0 Å². The van der Waals surface area contributed by atoms with E-state index in [4.69, 9.17) is 0 Å². The summed E-state index contributed by atoms with van der Waals surface area (Å²) >= 11 is 0. The molecule has 0 rings (SSSR count). The van der Waals surface area contributed by atoms with E-state index in [1.807, 2.05) is 0 Å². The number of carbonyl (C=O) groups is 3. The molecule has 0 fully saturated rings. The third-order valence-electron chi connectivity index (χ3n) is 0.892. The molecule has 0 aromatic rings. The molecule has 0 spiro atoms. The first-order chi connectivity index (χ1) is 4.52. The first-order valence-electron chi connectivity index (χ1n) is 3.03. The summed E-state index contributed by atoms with van der Waals surface area (Å²) in [6.07, 6.45) is -0.223. The fourth-order valence-electron chi connectivity index (χ4n) is 0.618. The molecule has 0 saturated carbocycles. The maximum absolute atomic E-state index is 10.6. The van der Waals surface area contributed by atoms with Gasteiger partial charge in [0.2, 0.25) is 0 Å². The van der Waals surface area contributed by atoms with E-state index in [1.54, 1.807) is 0 Å². The van der Waals surface area contributed by atoms with E-state index in [2.05, 4.69) is 0 Å². The average molecular weight is 190 g/mol. The van der Waals surface area contributed by atoms with E-state index >= 15 is 0 Å². The standard InChI is InChI=1S/C7H10O3.Ti/c1-5(8)3-7(10)4-6(2)9;/h3-4H2,1-2H3;. The first kappa shape index (κ1) is 13.3. The molecule has 0 aliphatic heterocycles. The Morgan fingerprint density at radius 3 is 1.36 bits per heavy atom. The van der Waals surface area contributed by atoms with Crippen LogP contribution in [-0.4, -0.2) is 17.3 Å². The van der Waals surface area contributed by atoms with Crippen molar-refractivity contribution in [2.75, 3.05) is 0 Å². The largest absolute Gasteiger partial charge is 0.300 e. The van der Waals surface area contributed by atoms with E-state index in [1.165, 1.54) is 13.8 Å². The van der Waals surface area contributed by atoms with Crippen molar-refractivity contribution < 1.29 is 36.1 Å². The van der Waals surface area contributed by atoms with Crippen molar-refractivity contribution in [3.05, 3.63) is 0 Å². The topological polar surface area (TPSA) is 51.2 Å². The van der Waals surface area contributed by atoms with Gasteiger partial charge < -0.3 is 0 Å². The summed E-state index contributed by atoms with van der Waals surface area (Å²) in [6, 6.07) is 0. The van der Waals surface area contributed by atoms with Gasteiger partial charge in [-0.2, -0.15) is 0 Å². The molecule has 4 heteroatoms. The second kappa shape index (κ2) is 6.44. The molecule has 0 atom stereocenters. The molecule has 11 heavy (non-hydrogen) atoms. The van der Waals surface area contributed by atoms with E-state index in [-0.39, 0.29) is 51.9 Å². The molecule has 0 aromatic carbocycles. The molecular formula is C7H10O3Ti. The van der Waals surface area contributed by atoms with Gasteiger partial charge in [-0.05, 0) is 13.8 Å². The summed E-state index contributed by atoms with van der Waals surface area (Å²) in [5.74, 6) is -0.669. The summed E-state index contributed by atoms with van der Waals surface area (Å²) in [4.78, 5) is 31.2. The van der Waals surface area contributed by atoms with E-state index in [0.717, 1.165) is 0 Å². The van der Waals surface area contributed by atoms with Crippen molar-refractivity contribution in [3.8, 4) is 0 Å². The van der Waals surface area contributed by atoms with Crippen LogP contribution in [-0.2, 0) is 36.1 Å². The normalized spacial score (nSPS) is 8.18. The third-order valence-corrected chi connectivity index (χ3v) is 0.892. The molecule has 0 radical (unpaired) electrons. The van der Waals surface area contributed by atoms with Gasteiger partial charge in [-0.15, -0.1) is 0 Å². The van der Waals surface area contributed by atoms with Crippen molar-refractivity contribution in [2.45, 2.75) is 26.7 Å². The van der Waals surface area contributed by atoms with Gasteiger partial charge in [-0.1, -0.05) is 0 Å². The fraction of sp³-hybridized carbons (Fsp3) is 0.571. The van der Waals surface area contributed by atoms with Crippen molar-refractivity contribution in [2.24, 2.45) is 0 Å². The predicted molar refractivity (Wildman–Crippen MR) is 35.6 cm³/mol. The van der Waals surface area contributed by atoms with Crippen LogP contribution in [0.1, 0.15) is 26.7 Å². The first-order valence-corrected chi connectivity index (χ1v) is 3.03. The summed E-state index contributed by atoms with van der Waals surface area (Å²) in [5.41, 5.74) is 0. The minimum atomic E-state index is -0.292. The molecule has 3 nitrogen and oxygen atoms in total. The molecule has 60 valence electrons. The number of hydrogen-bond acceptors (Lipinski definition) is 3.